The van der Waals surface area contributed by atoms with Crippen molar-refractivity contribution in [2.45, 2.75) is 23.9 Å². The third kappa shape index (κ3) is 4.81. The van der Waals surface area contributed by atoms with Crippen molar-refractivity contribution in [2.75, 3.05) is 10.6 Å². The van der Waals surface area contributed by atoms with Crippen molar-refractivity contribution in [3.63, 3.8) is 0 Å². The van der Waals surface area contributed by atoms with Crippen molar-refractivity contribution in [1.82, 2.24) is 14.8 Å². The zero-order chi connectivity index (χ0) is 21.8. The summed E-state index contributed by atoms with van der Waals surface area (Å²) in [6.07, 6.45) is 1.49. The van der Waals surface area contributed by atoms with Gasteiger partial charge in [0.25, 0.3) is 11.6 Å². The Bertz CT molecular complexity index is 1140. The number of rotatable bonds is 6. The zero-order valence-electron chi connectivity index (χ0n) is 16.4. The van der Waals surface area contributed by atoms with Gasteiger partial charge >= 0.3 is 0 Å². The Hall–Kier alpha value is -3.73. The summed E-state index contributed by atoms with van der Waals surface area (Å²) in [7, 11) is 1.73. The molecule has 2 N–H and O–H groups in total. The minimum atomic E-state index is -0.551. The Balaban J connectivity index is 1.89. The van der Waals surface area contributed by atoms with Crippen LogP contribution in [0.4, 0.5) is 17.1 Å². The van der Waals surface area contributed by atoms with E-state index in [9.17, 15) is 19.7 Å². The third-order valence-corrected chi connectivity index (χ3v) is 5.14. The lowest BCUT2D eigenvalue weighted by molar-refractivity contribution is -0.387. The number of benzene rings is 2. The second-order valence-corrected chi connectivity index (χ2v) is 7.46. The molecule has 0 atom stereocenters. The van der Waals surface area contributed by atoms with Crippen LogP contribution in [0.15, 0.2) is 52.8 Å². The van der Waals surface area contributed by atoms with Gasteiger partial charge in [0, 0.05) is 25.6 Å². The van der Waals surface area contributed by atoms with Gasteiger partial charge in [-0.05, 0) is 48.5 Å². The van der Waals surface area contributed by atoms with E-state index in [0.29, 0.717) is 21.4 Å². The molecule has 0 bridgehead atoms. The van der Waals surface area contributed by atoms with Gasteiger partial charge < -0.3 is 15.2 Å². The summed E-state index contributed by atoms with van der Waals surface area (Å²) >= 11 is 1.08. The highest BCUT2D eigenvalue weighted by Gasteiger charge is 2.20. The number of amides is 2. The SMILES string of the molecule is CC(=O)Nc1ccc(C)cc1NC(=O)c1ccc(Sc2nncn2C)c([N+](=O)[O-])c1. The first-order valence-corrected chi connectivity index (χ1v) is 9.56. The molecule has 0 saturated carbocycles. The Morgan fingerprint density at radius 1 is 1.13 bits per heavy atom. The molecule has 154 valence electrons. The lowest BCUT2D eigenvalue weighted by atomic mass is 10.1. The fourth-order valence-electron chi connectivity index (χ4n) is 2.61. The van der Waals surface area contributed by atoms with Crippen molar-refractivity contribution in [3.8, 4) is 0 Å². The van der Waals surface area contributed by atoms with E-state index in [-0.39, 0.29) is 17.2 Å². The van der Waals surface area contributed by atoms with E-state index in [0.717, 1.165) is 17.3 Å². The Kier molecular flexibility index (Phi) is 6.11. The normalized spacial score (nSPS) is 10.5. The second kappa shape index (κ2) is 8.74. The van der Waals surface area contributed by atoms with E-state index in [4.69, 9.17) is 0 Å². The number of nitrogens with one attached hydrogen (secondary N) is 2. The Labute approximate surface area is 175 Å². The molecule has 1 aromatic heterocycles. The molecular weight excluding hydrogens is 408 g/mol. The number of carbonyl (C=O) groups excluding carboxylic acids is 2. The van der Waals surface area contributed by atoms with Crippen LogP contribution in [0.25, 0.3) is 0 Å². The summed E-state index contributed by atoms with van der Waals surface area (Å²) in [5.74, 6) is -0.819. The molecule has 30 heavy (non-hydrogen) atoms. The quantitative estimate of drug-likeness (QED) is 0.456. The number of carbonyl (C=O) groups is 2. The van der Waals surface area contributed by atoms with E-state index in [2.05, 4.69) is 20.8 Å². The van der Waals surface area contributed by atoms with Crippen molar-refractivity contribution in [2.24, 2.45) is 7.05 Å². The molecule has 0 aliphatic rings. The van der Waals surface area contributed by atoms with Crippen LogP contribution in [-0.4, -0.2) is 31.5 Å². The monoisotopic (exact) mass is 426 g/mol. The maximum absolute atomic E-state index is 12.7. The topological polar surface area (TPSA) is 132 Å². The number of aryl methyl sites for hydroxylation is 2. The maximum atomic E-state index is 12.7. The number of hydrogen-bond donors (Lipinski definition) is 2. The number of aromatic nitrogens is 3. The van der Waals surface area contributed by atoms with Gasteiger partial charge in [0.2, 0.25) is 5.91 Å². The fourth-order valence-corrected chi connectivity index (χ4v) is 3.46. The van der Waals surface area contributed by atoms with Gasteiger partial charge in [-0.2, -0.15) is 0 Å². The smallest absolute Gasteiger partial charge is 0.284 e. The highest BCUT2D eigenvalue weighted by atomic mass is 32.2. The molecule has 0 aliphatic carbocycles. The number of nitro benzene ring substituents is 1. The number of nitro groups is 1. The summed E-state index contributed by atoms with van der Waals surface area (Å²) in [6.45, 7) is 3.21. The molecule has 0 aliphatic heterocycles. The second-order valence-electron chi connectivity index (χ2n) is 6.45. The van der Waals surface area contributed by atoms with Crippen molar-refractivity contribution < 1.29 is 14.5 Å². The zero-order valence-corrected chi connectivity index (χ0v) is 17.2. The molecule has 0 spiro atoms. The molecule has 3 aromatic rings. The first kappa shape index (κ1) is 21.0. The minimum absolute atomic E-state index is 0.110. The largest absolute Gasteiger partial charge is 0.325 e. The first-order chi connectivity index (χ1) is 14.2. The molecular formula is C19H18N6O4S. The predicted molar refractivity (Wildman–Crippen MR) is 112 cm³/mol. The summed E-state index contributed by atoms with van der Waals surface area (Å²) in [6, 6.07) is 9.38. The van der Waals surface area contributed by atoms with Crippen LogP contribution in [0, 0.1) is 17.0 Å². The summed E-state index contributed by atoms with van der Waals surface area (Å²) in [5.41, 5.74) is 1.60. The van der Waals surface area contributed by atoms with E-state index in [1.54, 1.807) is 29.8 Å². The summed E-state index contributed by atoms with van der Waals surface area (Å²) < 4.78 is 1.64. The molecule has 1 heterocycles. The van der Waals surface area contributed by atoms with E-state index in [1.807, 2.05) is 6.92 Å². The van der Waals surface area contributed by atoms with Crippen molar-refractivity contribution >= 4 is 40.6 Å². The lowest BCUT2D eigenvalue weighted by Gasteiger charge is -2.13. The van der Waals surface area contributed by atoms with Crippen LogP contribution >= 0.6 is 11.8 Å². The Morgan fingerprint density at radius 2 is 1.90 bits per heavy atom. The summed E-state index contributed by atoms with van der Waals surface area (Å²) in [4.78, 5) is 35.5. The highest BCUT2D eigenvalue weighted by Crippen LogP contribution is 2.34. The predicted octanol–water partition coefficient (Wildman–Crippen LogP) is 3.39. The molecule has 0 unspecified atom stereocenters. The van der Waals surface area contributed by atoms with Crippen LogP contribution in [-0.2, 0) is 11.8 Å². The van der Waals surface area contributed by atoms with Crippen LogP contribution in [0.1, 0.15) is 22.8 Å². The highest BCUT2D eigenvalue weighted by molar-refractivity contribution is 7.99. The molecule has 10 nitrogen and oxygen atoms in total. The lowest BCUT2D eigenvalue weighted by Crippen LogP contribution is -2.15. The van der Waals surface area contributed by atoms with Crippen molar-refractivity contribution in [1.29, 1.82) is 0 Å². The van der Waals surface area contributed by atoms with Crippen LogP contribution < -0.4 is 10.6 Å². The number of hydrogen-bond acceptors (Lipinski definition) is 7. The average Bonchev–Trinajstić information content (AvgIpc) is 3.08. The molecule has 2 amide bonds. The maximum Gasteiger partial charge on any atom is 0.284 e. The van der Waals surface area contributed by atoms with Gasteiger partial charge in [-0.15, -0.1) is 10.2 Å². The number of nitrogens with zero attached hydrogens (tertiary/aromatic N) is 4. The van der Waals surface area contributed by atoms with Crippen LogP contribution in [0.3, 0.4) is 0 Å². The summed E-state index contributed by atoms with van der Waals surface area (Å²) in [5, 5.41) is 25.0. The van der Waals surface area contributed by atoms with Gasteiger partial charge in [0.1, 0.15) is 6.33 Å². The molecule has 0 fully saturated rings. The number of anilines is 2. The van der Waals surface area contributed by atoms with Gasteiger partial charge in [0.15, 0.2) is 5.16 Å². The third-order valence-electron chi connectivity index (χ3n) is 4.02. The van der Waals surface area contributed by atoms with E-state index >= 15 is 0 Å². The standard InChI is InChI=1S/C19H18N6O4S/c1-11-4-6-14(21-12(2)26)15(8-11)22-18(27)13-5-7-17(16(9-13)25(28)29)30-19-23-20-10-24(19)3/h4-10H,1-3H3,(H,21,26)(H,22,27). The molecule has 2 aromatic carbocycles. The molecule has 0 radical (unpaired) electrons. The van der Waals surface area contributed by atoms with Crippen LogP contribution in [0.2, 0.25) is 0 Å². The Morgan fingerprint density at radius 3 is 2.53 bits per heavy atom. The fraction of sp³-hybridized carbons (Fsp3) is 0.158. The molecule has 3 rings (SSSR count). The van der Waals surface area contributed by atoms with Crippen LogP contribution in [0.5, 0.6) is 0 Å². The molecule has 11 heteroatoms. The van der Waals surface area contributed by atoms with Gasteiger partial charge in [-0.3, -0.25) is 19.7 Å². The van der Waals surface area contributed by atoms with Gasteiger partial charge in [-0.25, -0.2) is 0 Å². The van der Waals surface area contributed by atoms with E-state index < -0.39 is 10.8 Å². The minimum Gasteiger partial charge on any atom is -0.325 e. The average molecular weight is 426 g/mol. The van der Waals surface area contributed by atoms with Gasteiger partial charge in [-0.1, -0.05) is 6.07 Å². The van der Waals surface area contributed by atoms with E-state index in [1.165, 1.54) is 31.5 Å². The first-order valence-electron chi connectivity index (χ1n) is 8.74. The van der Waals surface area contributed by atoms with Crippen molar-refractivity contribution in [3.05, 3.63) is 64.0 Å². The molecule has 0 saturated heterocycles. The van der Waals surface area contributed by atoms with Gasteiger partial charge in [0.05, 0.1) is 21.2 Å².